The van der Waals surface area contributed by atoms with Crippen LogP contribution in [0.4, 0.5) is 10.2 Å². The molecular formula is C26H24FN7. The van der Waals surface area contributed by atoms with E-state index in [-0.39, 0.29) is 17.3 Å². The van der Waals surface area contributed by atoms with E-state index in [4.69, 9.17) is 10.7 Å². The number of fused-ring (bicyclic) bond motifs is 3. The van der Waals surface area contributed by atoms with Gasteiger partial charge >= 0.3 is 0 Å². The van der Waals surface area contributed by atoms with Crippen LogP contribution >= 0.6 is 0 Å². The zero-order valence-corrected chi connectivity index (χ0v) is 18.6. The Labute approximate surface area is 195 Å². The van der Waals surface area contributed by atoms with Crippen molar-refractivity contribution in [2.75, 3.05) is 18.0 Å². The van der Waals surface area contributed by atoms with Gasteiger partial charge in [-0.25, -0.2) is 13.9 Å². The molecule has 0 radical (unpaired) electrons. The molecule has 1 saturated heterocycles. The van der Waals surface area contributed by atoms with Gasteiger partial charge in [-0.05, 0) is 60.6 Å². The second-order valence-corrected chi connectivity index (χ2v) is 9.50. The summed E-state index contributed by atoms with van der Waals surface area (Å²) < 4.78 is 16.1. The number of pyridine rings is 1. The molecule has 1 fully saturated rings. The molecule has 5 heterocycles. The number of benzene rings is 1. The Morgan fingerprint density at radius 2 is 1.94 bits per heavy atom. The topological polar surface area (TPSA) is 88.1 Å². The van der Waals surface area contributed by atoms with E-state index in [9.17, 15) is 4.39 Å². The first-order valence-corrected chi connectivity index (χ1v) is 11.7. The van der Waals surface area contributed by atoms with Crippen molar-refractivity contribution in [3.63, 3.8) is 0 Å². The van der Waals surface area contributed by atoms with Crippen molar-refractivity contribution >= 4 is 22.2 Å². The summed E-state index contributed by atoms with van der Waals surface area (Å²) in [5, 5.41) is 5.15. The Kier molecular flexibility index (Phi) is 4.11. The molecule has 1 aliphatic carbocycles. The molecule has 0 unspecified atom stereocenters. The number of aromatic nitrogens is 5. The number of piperidine rings is 1. The number of hydrogen-bond acceptors (Lipinski definition) is 5. The first-order valence-electron chi connectivity index (χ1n) is 11.7. The number of H-pyrrole nitrogens is 1. The van der Waals surface area contributed by atoms with E-state index in [1.165, 1.54) is 11.6 Å². The Morgan fingerprint density at radius 3 is 2.79 bits per heavy atom. The van der Waals surface area contributed by atoms with Crippen LogP contribution in [-0.4, -0.2) is 37.7 Å². The Bertz CT molecular complexity index is 1540. The van der Waals surface area contributed by atoms with Gasteiger partial charge in [-0.3, -0.25) is 4.98 Å². The molecule has 170 valence electrons. The number of nitrogens with zero attached hydrogens (tertiary/aromatic N) is 5. The lowest BCUT2D eigenvalue weighted by atomic mass is 9.73. The van der Waals surface area contributed by atoms with Crippen molar-refractivity contribution in [2.45, 2.75) is 25.3 Å². The van der Waals surface area contributed by atoms with Gasteiger partial charge in [0.25, 0.3) is 0 Å². The fraction of sp³-hybridized carbons (Fsp3) is 0.269. The van der Waals surface area contributed by atoms with E-state index in [1.807, 2.05) is 29.0 Å². The lowest BCUT2D eigenvalue weighted by Gasteiger charge is -2.42. The van der Waals surface area contributed by atoms with Gasteiger partial charge in [-0.1, -0.05) is 6.07 Å². The SMILES string of the molecule is N[C@@H]1c2cccnc2CC12CCN(c1ncc(-c3ccc(F)c4cc[nH]c34)n3nccc13)CC2. The van der Waals surface area contributed by atoms with Crippen molar-refractivity contribution < 1.29 is 4.39 Å². The number of halogens is 1. The molecule has 34 heavy (non-hydrogen) atoms. The highest BCUT2D eigenvalue weighted by Crippen LogP contribution is 2.50. The van der Waals surface area contributed by atoms with Crippen molar-refractivity contribution in [2.24, 2.45) is 11.1 Å². The molecule has 4 aromatic heterocycles. The number of nitrogens with two attached hydrogens (primary N) is 1. The van der Waals surface area contributed by atoms with E-state index in [0.29, 0.717) is 5.39 Å². The molecule has 7 rings (SSSR count). The van der Waals surface area contributed by atoms with E-state index in [0.717, 1.165) is 66.2 Å². The van der Waals surface area contributed by atoms with E-state index in [2.05, 4.69) is 26.0 Å². The summed E-state index contributed by atoms with van der Waals surface area (Å²) >= 11 is 0. The van der Waals surface area contributed by atoms with Crippen LogP contribution in [0.1, 0.15) is 30.1 Å². The maximum absolute atomic E-state index is 14.2. The fourth-order valence-corrected chi connectivity index (χ4v) is 5.98. The molecule has 8 heteroatoms. The van der Waals surface area contributed by atoms with Crippen LogP contribution in [-0.2, 0) is 6.42 Å². The summed E-state index contributed by atoms with van der Waals surface area (Å²) in [6.07, 6.45) is 10.2. The minimum atomic E-state index is -0.244. The Balaban J connectivity index is 1.22. The van der Waals surface area contributed by atoms with E-state index >= 15 is 0 Å². The largest absolute Gasteiger partial charge is 0.361 e. The molecule has 7 nitrogen and oxygen atoms in total. The van der Waals surface area contributed by atoms with Crippen molar-refractivity contribution in [3.05, 3.63) is 78.3 Å². The molecule has 2 aliphatic rings. The standard InChI is InChI=1S/C26H24FN7/c27-19-4-3-18(23-16(19)5-10-30-23)22-15-31-25(21-6-11-32-34(21)22)33-12-7-26(8-13-33)14-20-17(24(26)28)2-1-9-29-20/h1-6,9-11,15,24,30H,7-8,12-14,28H2/t24-/m1/s1. The summed E-state index contributed by atoms with van der Waals surface area (Å²) in [7, 11) is 0. The van der Waals surface area contributed by atoms with Gasteiger partial charge in [0.05, 0.1) is 23.6 Å². The van der Waals surface area contributed by atoms with Gasteiger partial charge in [0.2, 0.25) is 0 Å². The van der Waals surface area contributed by atoms with Gasteiger partial charge in [0.15, 0.2) is 5.82 Å². The first-order chi connectivity index (χ1) is 16.6. The number of rotatable bonds is 2. The smallest absolute Gasteiger partial charge is 0.154 e. The molecule has 0 saturated carbocycles. The third-order valence-corrected chi connectivity index (χ3v) is 7.85. The lowest BCUT2D eigenvalue weighted by molar-refractivity contribution is 0.187. The Hall–Kier alpha value is -3.78. The van der Waals surface area contributed by atoms with Crippen LogP contribution in [0, 0.1) is 11.2 Å². The fourth-order valence-electron chi connectivity index (χ4n) is 5.98. The Morgan fingerprint density at radius 1 is 1.06 bits per heavy atom. The van der Waals surface area contributed by atoms with Crippen LogP contribution in [0.5, 0.6) is 0 Å². The van der Waals surface area contributed by atoms with Gasteiger partial charge in [0, 0.05) is 48.2 Å². The predicted molar refractivity (Wildman–Crippen MR) is 129 cm³/mol. The average molecular weight is 454 g/mol. The quantitative estimate of drug-likeness (QED) is 0.417. The number of hydrogen-bond donors (Lipinski definition) is 2. The highest BCUT2D eigenvalue weighted by atomic mass is 19.1. The number of aromatic amines is 1. The summed E-state index contributed by atoms with van der Waals surface area (Å²) in [5.74, 6) is 0.675. The molecular weight excluding hydrogens is 429 g/mol. The van der Waals surface area contributed by atoms with Gasteiger partial charge in [0.1, 0.15) is 11.3 Å². The molecule has 5 aromatic rings. The van der Waals surface area contributed by atoms with Gasteiger partial charge in [-0.15, -0.1) is 0 Å². The highest BCUT2D eigenvalue weighted by Gasteiger charge is 2.46. The van der Waals surface area contributed by atoms with Gasteiger partial charge < -0.3 is 15.6 Å². The summed E-state index contributed by atoms with van der Waals surface area (Å²) in [6, 6.07) is 11.2. The minimum absolute atomic E-state index is 0.0327. The zero-order valence-electron chi connectivity index (χ0n) is 18.6. The maximum atomic E-state index is 14.2. The second-order valence-electron chi connectivity index (χ2n) is 9.50. The number of anilines is 1. The van der Waals surface area contributed by atoms with E-state index in [1.54, 1.807) is 24.5 Å². The van der Waals surface area contributed by atoms with E-state index < -0.39 is 0 Å². The number of nitrogens with one attached hydrogen (secondary N) is 1. The minimum Gasteiger partial charge on any atom is -0.361 e. The van der Waals surface area contributed by atoms with Crippen molar-refractivity contribution in [1.29, 1.82) is 0 Å². The highest BCUT2D eigenvalue weighted by molar-refractivity contribution is 5.94. The molecule has 1 aliphatic heterocycles. The molecule has 1 aromatic carbocycles. The molecule has 1 spiro atoms. The summed E-state index contributed by atoms with van der Waals surface area (Å²) in [5.41, 5.74) is 12.5. The van der Waals surface area contributed by atoms with Crippen molar-refractivity contribution in [1.82, 2.24) is 24.6 Å². The first kappa shape index (κ1) is 19.7. The predicted octanol–water partition coefficient (Wildman–Crippen LogP) is 4.25. The average Bonchev–Trinajstić information content (AvgIpc) is 3.60. The van der Waals surface area contributed by atoms with Crippen LogP contribution in [0.2, 0.25) is 0 Å². The van der Waals surface area contributed by atoms with Crippen LogP contribution in [0.25, 0.3) is 27.7 Å². The zero-order chi connectivity index (χ0) is 22.9. The third-order valence-electron chi connectivity index (χ3n) is 7.85. The third kappa shape index (κ3) is 2.69. The molecule has 3 N–H and O–H groups in total. The van der Waals surface area contributed by atoms with Crippen LogP contribution in [0.3, 0.4) is 0 Å². The van der Waals surface area contributed by atoms with Crippen LogP contribution < -0.4 is 10.6 Å². The summed E-state index contributed by atoms with van der Waals surface area (Å²) in [4.78, 5) is 15.0. The summed E-state index contributed by atoms with van der Waals surface area (Å²) in [6.45, 7) is 1.76. The maximum Gasteiger partial charge on any atom is 0.154 e. The normalized spacial score (nSPS) is 19.4. The monoisotopic (exact) mass is 453 g/mol. The van der Waals surface area contributed by atoms with Gasteiger partial charge in [-0.2, -0.15) is 5.10 Å². The van der Waals surface area contributed by atoms with Crippen LogP contribution in [0.15, 0.2) is 61.2 Å². The van der Waals surface area contributed by atoms with Crippen molar-refractivity contribution in [3.8, 4) is 11.3 Å². The second kappa shape index (κ2) is 7.11. The lowest BCUT2D eigenvalue weighted by Crippen LogP contribution is -2.44. The molecule has 0 amide bonds. The molecule has 0 bridgehead atoms. The molecule has 1 atom stereocenters.